The van der Waals surface area contributed by atoms with E-state index in [0.717, 1.165) is 51.9 Å². The van der Waals surface area contributed by atoms with Crippen molar-refractivity contribution in [1.29, 1.82) is 0 Å². The van der Waals surface area contributed by atoms with Gasteiger partial charge in [0, 0.05) is 13.3 Å². The summed E-state index contributed by atoms with van der Waals surface area (Å²) in [5.74, 6) is -0.924. The summed E-state index contributed by atoms with van der Waals surface area (Å²) in [6.45, 7) is 2.84. The van der Waals surface area contributed by atoms with Crippen LogP contribution in [0.4, 0.5) is 0 Å². The lowest BCUT2D eigenvalue weighted by atomic mass is 9.95. The minimum Gasteiger partial charge on any atom is -0.394 e. The Labute approximate surface area is 503 Å². The molecule has 0 saturated carbocycles. The van der Waals surface area contributed by atoms with Gasteiger partial charge in [0.05, 0.1) is 38.6 Å². The second-order valence-electron chi connectivity index (χ2n) is 24.0. The summed E-state index contributed by atoms with van der Waals surface area (Å²) < 4.78 is 34.9. The SMILES string of the molecule is CCCCCCCC/C=C\CCCCCCCCCCCCCCCC(=O)N[C@@H](CO[C@@H]1O[C@H](CO)[C@@H](O[C@@H]2O[C@H](CO)[C@H](O[C@@H]3O[C@H](CO)[C@H](O)[C@H](O)[C@H]3NC(C)=O)[C@H](O)[C@H]2O)[C@H](O)C1O)[C@H](O)/C=C/CCCCCCCCCCCCC. The van der Waals surface area contributed by atoms with Crippen molar-refractivity contribution in [3.63, 3.8) is 0 Å². The predicted octanol–water partition coefficient (Wildman–Crippen LogP) is 6.86. The molecule has 3 heterocycles. The number of carbonyl (C=O) groups excluding carboxylic acids is 2. The van der Waals surface area contributed by atoms with Gasteiger partial charge in [-0.1, -0.05) is 205 Å². The van der Waals surface area contributed by atoms with E-state index in [1.807, 2.05) is 6.08 Å². The fraction of sp³-hybridized carbons (Fsp3) is 0.906. The van der Waals surface area contributed by atoms with Crippen LogP contribution in [0.5, 0.6) is 0 Å². The summed E-state index contributed by atoms with van der Waals surface area (Å²) >= 11 is 0. The Balaban J connectivity index is 1.48. The number of ether oxygens (including phenoxy) is 6. The molecule has 3 aliphatic heterocycles. The highest BCUT2D eigenvalue weighted by atomic mass is 16.8. The van der Waals surface area contributed by atoms with E-state index in [9.17, 15) is 60.7 Å². The van der Waals surface area contributed by atoms with Gasteiger partial charge in [-0.05, 0) is 44.9 Å². The number of aliphatic hydroxyl groups is 10. The first-order valence-corrected chi connectivity index (χ1v) is 33.1. The van der Waals surface area contributed by atoms with Crippen LogP contribution in [-0.4, -0.2) is 194 Å². The summed E-state index contributed by atoms with van der Waals surface area (Å²) in [5, 5.41) is 114. The Morgan fingerprint density at radius 3 is 1.29 bits per heavy atom. The van der Waals surface area contributed by atoms with Crippen LogP contribution in [0.3, 0.4) is 0 Å². The fourth-order valence-electron chi connectivity index (χ4n) is 11.4. The molecule has 12 N–H and O–H groups in total. The average Bonchev–Trinajstić information content (AvgIpc) is 2.16. The zero-order valence-electron chi connectivity index (χ0n) is 51.7. The zero-order valence-corrected chi connectivity index (χ0v) is 51.7. The smallest absolute Gasteiger partial charge is 0.220 e. The molecule has 492 valence electrons. The second kappa shape index (κ2) is 46.8. The molecule has 0 aliphatic carbocycles. The third-order valence-electron chi connectivity index (χ3n) is 16.6. The Kier molecular flexibility index (Phi) is 42.4. The van der Waals surface area contributed by atoms with E-state index in [0.29, 0.717) is 6.42 Å². The van der Waals surface area contributed by atoms with Crippen molar-refractivity contribution in [2.45, 2.75) is 343 Å². The summed E-state index contributed by atoms with van der Waals surface area (Å²) in [5.41, 5.74) is 0. The molecule has 84 heavy (non-hydrogen) atoms. The lowest BCUT2D eigenvalue weighted by molar-refractivity contribution is -0.374. The molecule has 3 rings (SSSR count). The quantitative estimate of drug-likeness (QED) is 0.0219. The van der Waals surface area contributed by atoms with Crippen molar-refractivity contribution in [2.24, 2.45) is 0 Å². The molecule has 0 aromatic heterocycles. The van der Waals surface area contributed by atoms with E-state index >= 15 is 0 Å². The molecule has 2 amide bonds. The molecule has 0 bridgehead atoms. The number of nitrogens with one attached hydrogen (secondary N) is 2. The van der Waals surface area contributed by atoms with Gasteiger partial charge < -0.3 is 90.1 Å². The largest absolute Gasteiger partial charge is 0.394 e. The normalized spacial score (nSPS) is 29.2. The van der Waals surface area contributed by atoms with Gasteiger partial charge >= 0.3 is 0 Å². The van der Waals surface area contributed by atoms with Crippen molar-refractivity contribution >= 4 is 11.8 Å². The number of rotatable bonds is 49. The molecule has 0 radical (unpaired) electrons. The van der Waals surface area contributed by atoms with Gasteiger partial charge in [0.2, 0.25) is 11.8 Å². The number of unbranched alkanes of at least 4 members (excludes halogenated alkanes) is 30. The minimum atomic E-state index is -1.99. The van der Waals surface area contributed by atoms with Crippen LogP contribution in [0.25, 0.3) is 0 Å². The summed E-state index contributed by atoms with van der Waals surface area (Å²) in [6, 6.07) is -2.41. The second-order valence-corrected chi connectivity index (χ2v) is 24.0. The van der Waals surface area contributed by atoms with Gasteiger partial charge in [0.1, 0.15) is 73.2 Å². The summed E-state index contributed by atoms with van der Waals surface area (Å²) in [6.07, 6.45) is 23.5. The van der Waals surface area contributed by atoms with E-state index in [4.69, 9.17) is 28.4 Å². The first-order chi connectivity index (χ1) is 40.7. The van der Waals surface area contributed by atoms with E-state index in [1.165, 1.54) is 161 Å². The topological polar surface area (TPSA) is 316 Å². The van der Waals surface area contributed by atoms with Gasteiger partial charge in [-0.2, -0.15) is 0 Å². The molecule has 20 heteroatoms. The van der Waals surface area contributed by atoms with E-state index in [1.54, 1.807) is 6.08 Å². The molecule has 1 unspecified atom stereocenters. The van der Waals surface area contributed by atoms with Crippen LogP contribution in [0.2, 0.25) is 0 Å². The van der Waals surface area contributed by atoms with Crippen molar-refractivity contribution in [3.05, 3.63) is 24.3 Å². The zero-order chi connectivity index (χ0) is 61.3. The lowest BCUT2D eigenvalue weighted by Gasteiger charge is -2.48. The minimum absolute atomic E-state index is 0.241. The fourth-order valence-corrected chi connectivity index (χ4v) is 11.4. The lowest BCUT2D eigenvalue weighted by Crippen LogP contribution is -2.68. The predicted molar refractivity (Wildman–Crippen MR) is 321 cm³/mol. The molecule has 3 aliphatic rings. The number of amides is 2. The molecular formula is C64H118N2O18. The maximum atomic E-state index is 13.4. The van der Waals surface area contributed by atoms with Gasteiger partial charge in [-0.3, -0.25) is 9.59 Å². The third kappa shape index (κ3) is 29.9. The van der Waals surface area contributed by atoms with Crippen molar-refractivity contribution < 1.29 is 89.1 Å². The molecular weight excluding hydrogens is 1080 g/mol. The molecule has 0 aromatic rings. The van der Waals surface area contributed by atoms with Gasteiger partial charge in [0.15, 0.2) is 18.9 Å². The molecule has 17 atom stereocenters. The highest BCUT2D eigenvalue weighted by Gasteiger charge is 2.54. The highest BCUT2D eigenvalue weighted by molar-refractivity contribution is 5.76. The number of aliphatic hydroxyl groups excluding tert-OH is 10. The molecule has 0 spiro atoms. The van der Waals surface area contributed by atoms with Gasteiger partial charge in [-0.15, -0.1) is 0 Å². The molecule has 20 nitrogen and oxygen atoms in total. The van der Waals surface area contributed by atoms with Crippen molar-refractivity contribution in [3.8, 4) is 0 Å². The summed E-state index contributed by atoms with van der Waals surface area (Å²) in [7, 11) is 0. The van der Waals surface area contributed by atoms with Crippen LogP contribution in [0.1, 0.15) is 239 Å². The van der Waals surface area contributed by atoms with Gasteiger partial charge in [-0.25, -0.2) is 0 Å². The van der Waals surface area contributed by atoms with Crippen molar-refractivity contribution in [1.82, 2.24) is 10.6 Å². The van der Waals surface area contributed by atoms with Crippen LogP contribution in [0.15, 0.2) is 24.3 Å². The van der Waals surface area contributed by atoms with Gasteiger partial charge in [0.25, 0.3) is 0 Å². The van der Waals surface area contributed by atoms with Crippen LogP contribution in [-0.2, 0) is 38.0 Å². The van der Waals surface area contributed by atoms with E-state index in [2.05, 4.69) is 36.6 Å². The van der Waals surface area contributed by atoms with E-state index in [-0.39, 0.29) is 18.9 Å². The van der Waals surface area contributed by atoms with Crippen LogP contribution in [0, 0.1) is 0 Å². The van der Waals surface area contributed by atoms with E-state index < -0.39 is 130 Å². The first-order valence-electron chi connectivity index (χ1n) is 33.1. The molecule has 3 saturated heterocycles. The highest BCUT2D eigenvalue weighted by Crippen LogP contribution is 2.33. The van der Waals surface area contributed by atoms with Crippen LogP contribution >= 0.6 is 0 Å². The Bertz CT molecular complexity index is 1700. The van der Waals surface area contributed by atoms with Crippen molar-refractivity contribution in [2.75, 3.05) is 26.4 Å². The monoisotopic (exact) mass is 1200 g/mol. The third-order valence-corrected chi connectivity index (χ3v) is 16.6. The number of carbonyl (C=O) groups is 2. The average molecular weight is 1200 g/mol. The maximum Gasteiger partial charge on any atom is 0.220 e. The Morgan fingerprint density at radius 1 is 0.464 bits per heavy atom. The molecule has 0 aromatic carbocycles. The molecule has 3 fully saturated rings. The first kappa shape index (κ1) is 76.0. The standard InChI is InChI=1S/C64H118N2O18/c1-4-6-8-10-12-14-16-18-19-20-21-22-23-24-25-26-27-29-31-33-35-37-39-41-52(72)66-47(48(71)40-38-36-34-32-30-28-17-15-13-11-9-7-5-2)45-79-63-58(77)56(75)61(50(43-68)81-63)84-64-59(78)57(76)60(51(44-69)82-64)83-62-53(65-46(3)70)55(74)54(73)49(42-67)80-62/h18-19,38,40,47-51,53-64,67-69,71,73-78H,4-17,20-37,39,41-45H2,1-3H3,(H,65,70)(H,66,72)/b19-18-,40-38+/t47-,48+,49+,50+,51+,53+,54-,55+,56+,57+,58?,59+,60-,61+,62-,63+,64-/m0/s1. The summed E-state index contributed by atoms with van der Waals surface area (Å²) in [4.78, 5) is 25.4. The number of hydrogen-bond donors (Lipinski definition) is 12. The Hall–Kier alpha value is -2.22. The maximum absolute atomic E-state index is 13.4. The number of allylic oxidation sites excluding steroid dienone is 3. The Morgan fingerprint density at radius 2 is 0.845 bits per heavy atom. The van der Waals surface area contributed by atoms with Crippen LogP contribution < -0.4 is 10.6 Å². The number of hydrogen-bond acceptors (Lipinski definition) is 18.